The summed E-state index contributed by atoms with van der Waals surface area (Å²) in [7, 11) is 1.64. The summed E-state index contributed by atoms with van der Waals surface area (Å²) in [4.78, 5) is 29.8. The van der Waals surface area contributed by atoms with E-state index in [4.69, 9.17) is 9.84 Å². The van der Waals surface area contributed by atoms with Crippen molar-refractivity contribution in [2.45, 2.75) is 43.3 Å². The highest BCUT2D eigenvalue weighted by Crippen LogP contribution is 2.35. The lowest BCUT2D eigenvalue weighted by Crippen LogP contribution is -2.28. The topological polar surface area (TPSA) is 105 Å². The van der Waals surface area contributed by atoms with Crippen LogP contribution in [0.15, 0.2) is 56.8 Å². The molecule has 1 aliphatic heterocycles. The van der Waals surface area contributed by atoms with Crippen LogP contribution >= 0.6 is 23.1 Å². The fourth-order valence-electron chi connectivity index (χ4n) is 4.86. The summed E-state index contributed by atoms with van der Waals surface area (Å²) < 4.78 is 7.20. The van der Waals surface area contributed by atoms with Crippen molar-refractivity contribution >= 4 is 40.5 Å². The highest BCUT2D eigenvalue weighted by atomic mass is 32.2. The summed E-state index contributed by atoms with van der Waals surface area (Å²) in [5, 5.41) is 17.4. The van der Waals surface area contributed by atoms with Crippen LogP contribution in [0.1, 0.15) is 47.0 Å². The van der Waals surface area contributed by atoms with Gasteiger partial charge in [-0.25, -0.2) is 5.01 Å². The molecule has 0 saturated carbocycles. The molecule has 9 nitrogen and oxygen atoms in total. The van der Waals surface area contributed by atoms with E-state index in [2.05, 4.69) is 15.2 Å². The van der Waals surface area contributed by atoms with Crippen LogP contribution in [-0.4, -0.2) is 49.1 Å². The number of aromatic amines is 1. The Balaban J connectivity index is 1.28. The molecule has 184 valence electrons. The molecule has 4 heterocycles. The Labute approximate surface area is 215 Å². The number of carbonyl (C=O) groups is 1. The molecule has 2 aliphatic rings. The molecule has 3 aromatic heterocycles. The quantitative estimate of drug-likeness (QED) is 0.388. The van der Waals surface area contributed by atoms with Gasteiger partial charge < -0.3 is 4.74 Å². The Kier molecular flexibility index (Phi) is 6.10. The van der Waals surface area contributed by atoms with E-state index in [0.717, 1.165) is 58.8 Å². The third-order valence-electron chi connectivity index (χ3n) is 6.64. The number of thiophene rings is 1. The number of methoxy groups -OCH3 is 1. The van der Waals surface area contributed by atoms with Crippen molar-refractivity contribution in [2.24, 2.45) is 5.10 Å². The molecule has 6 rings (SSSR count). The number of hydrogen-bond acceptors (Lipinski definition) is 8. The number of amides is 1. The molecule has 0 fully saturated rings. The van der Waals surface area contributed by atoms with Gasteiger partial charge in [0, 0.05) is 17.7 Å². The Morgan fingerprint density at radius 2 is 2.03 bits per heavy atom. The SMILES string of the molecule is COc1ccc(C2CC(c3cccs3)=NN2C(=O)CSc2nnc3[nH]c(=O)c4c(n23)CCCC4)cc1. The number of H-pyrrole nitrogens is 1. The van der Waals surface area contributed by atoms with E-state index < -0.39 is 0 Å². The van der Waals surface area contributed by atoms with Crippen molar-refractivity contribution in [1.82, 2.24) is 24.6 Å². The minimum absolute atomic E-state index is 0.0907. The zero-order valence-corrected chi connectivity index (χ0v) is 21.3. The summed E-state index contributed by atoms with van der Waals surface area (Å²) in [5.41, 5.74) is 3.57. The maximum Gasteiger partial charge on any atom is 0.255 e. The van der Waals surface area contributed by atoms with Crippen LogP contribution < -0.4 is 10.3 Å². The van der Waals surface area contributed by atoms with Crippen molar-refractivity contribution in [2.75, 3.05) is 12.9 Å². The maximum absolute atomic E-state index is 13.5. The Hall–Kier alpha value is -3.44. The molecule has 0 saturated heterocycles. The maximum atomic E-state index is 13.5. The minimum atomic E-state index is -0.194. The lowest BCUT2D eigenvalue weighted by molar-refractivity contribution is -0.130. The average Bonchev–Trinajstić information content (AvgIpc) is 3.67. The lowest BCUT2D eigenvalue weighted by atomic mass is 9.97. The molecule has 1 amide bonds. The normalized spacial score (nSPS) is 17.3. The second kappa shape index (κ2) is 9.55. The number of ether oxygens (including phenoxy) is 1. The molecular weight excluding hydrogens is 496 g/mol. The van der Waals surface area contributed by atoms with Crippen molar-refractivity contribution in [3.63, 3.8) is 0 Å². The first-order valence-corrected chi connectivity index (χ1v) is 13.7. The molecule has 0 bridgehead atoms. The molecule has 1 unspecified atom stereocenters. The van der Waals surface area contributed by atoms with Crippen molar-refractivity contribution in [3.8, 4) is 5.75 Å². The fraction of sp³-hybridized carbons (Fsp3) is 0.320. The van der Waals surface area contributed by atoms with Crippen LogP contribution in [0.5, 0.6) is 5.75 Å². The van der Waals surface area contributed by atoms with Gasteiger partial charge in [0.25, 0.3) is 11.5 Å². The van der Waals surface area contributed by atoms with E-state index in [1.54, 1.807) is 23.5 Å². The number of carbonyl (C=O) groups excluding carboxylic acids is 1. The second-order valence-electron chi connectivity index (χ2n) is 8.77. The number of hydrogen-bond donors (Lipinski definition) is 1. The van der Waals surface area contributed by atoms with Gasteiger partial charge in [-0.1, -0.05) is 30.0 Å². The van der Waals surface area contributed by atoms with Crippen molar-refractivity contribution in [1.29, 1.82) is 0 Å². The highest BCUT2D eigenvalue weighted by Gasteiger charge is 2.33. The summed E-state index contributed by atoms with van der Waals surface area (Å²) in [6.45, 7) is 0. The summed E-state index contributed by atoms with van der Waals surface area (Å²) in [6.07, 6.45) is 4.21. The Morgan fingerprint density at radius 3 is 2.81 bits per heavy atom. The summed E-state index contributed by atoms with van der Waals surface area (Å²) >= 11 is 2.94. The molecule has 1 aromatic carbocycles. The number of nitrogens with one attached hydrogen (secondary N) is 1. The van der Waals surface area contributed by atoms with E-state index in [1.807, 2.05) is 46.2 Å². The number of hydrazone groups is 1. The number of aromatic nitrogens is 4. The largest absolute Gasteiger partial charge is 0.497 e. The smallest absolute Gasteiger partial charge is 0.255 e. The molecule has 36 heavy (non-hydrogen) atoms. The van der Waals surface area contributed by atoms with Gasteiger partial charge in [0.15, 0.2) is 5.16 Å². The fourth-order valence-corrected chi connectivity index (χ4v) is 6.39. The molecule has 1 aliphatic carbocycles. The second-order valence-corrected chi connectivity index (χ2v) is 10.7. The van der Waals surface area contributed by atoms with Gasteiger partial charge in [-0.2, -0.15) is 5.10 Å². The van der Waals surface area contributed by atoms with E-state index in [1.165, 1.54) is 11.8 Å². The van der Waals surface area contributed by atoms with Gasteiger partial charge in [0.05, 0.1) is 29.5 Å². The Morgan fingerprint density at radius 1 is 1.19 bits per heavy atom. The van der Waals surface area contributed by atoms with E-state index in [9.17, 15) is 9.59 Å². The third-order valence-corrected chi connectivity index (χ3v) is 8.47. The number of aryl methyl sites for hydroxylation is 1. The highest BCUT2D eigenvalue weighted by molar-refractivity contribution is 7.99. The van der Waals surface area contributed by atoms with Gasteiger partial charge in [-0.15, -0.1) is 21.5 Å². The summed E-state index contributed by atoms with van der Waals surface area (Å²) in [5.74, 6) is 1.24. The van der Waals surface area contributed by atoms with Gasteiger partial charge in [-0.3, -0.25) is 19.0 Å². The molecule has 0 spiro atoms. The first kappa shape index (κ1) is 23.0. The van der Waals surface area contributed by atoms with Crippen molar-refractivity contribution in [3.05, 3.63) is 73.8 Å². The van der Waals surface area contributed by atoms with Crippen molar-refractivity contribution < 1.29 is 9.53 Å². The first-order chi connectivity index (χ1) is 17.6. The molecule has 0 radical (unpaired) electrons. The van der Waals surface area contributed by atoms with Crippen LogP contribution in [0.2, 0.25) is 0 Å². The standard InChI is InChI=1S/C25H24N6O3S2/c1-34-16-10-8-15(9-11-16)20-13-18(21-7-4-12-35-21)29-31(20)22(32)14-36-25-28-27-24-26-23(33)17-5-2-3-6-19(17)30(24)25/h4,7-12,20H,2-3,5-6,13-14H2,1H3,(H,26,27,33). The van der Waals surface area contributed by atoms with Crippen LogP contribution in [0, 0.1) is 0 Å². The zero-order chi connectivity index (χ0) is 24.6. The number of benzene rings is 1. The van der Waals surface area contributed by atoms with Gasteiger partial charge in [-0.05, 0) is 54.8 Å². The lowest BCUT2D eigenvalue weighted by Gasteiger charge is -2.22. The number of rotatable bonds is 6. The van der Waals surface area contributed by atoms with E-state index in [0.29, 0.717) is 17.4 Å². The predicted octanol–water partition coefficient (Wildman–Crippen LogP) is 3.84. The monoisotopic (exact) mass is 520 g/mol. The first-order valence-electron chi connectivity index (χ1n) is 11.8. The summed E-state index contributed by atoms with van der Waals surface area (Å²) in [6, 6.07) is 11.6. The van der Waals surface area contributed by atoms with Gasteiger partial charge in [0.2, 0.25) is 5.78 Å². The number of nitrogens with zero attached hydrogens (tertiary/aromatic N) is 5. The third kappa shape index (κ3) is 4.11. The van der Waals surface area contributed by atoms with Crippen LogP contribution in [0.3, 0.4) is 0 Å². The van der Waals surface area contributed by atoms with E-state index >= 15 is 0 Å². The van der Waals surface area contributed by atoms with Crippen LogP contribution in [0.4, 0.5) is 0 Å². The average molecular weight is 521 g/mol. The predicted molar refractivity (Wildman–Crippen MR) is 139 cm³/mol. The number of fused-ring (bicyclic) bond motifs is 3. The molecule has 1 atom stereocenters. The zero-order valence-electron chi connectivity index (χ0n) is 19.6. The van der Waals surface area contributed by atoms with Gasteiger partial charge >= 0.3 is 0 Å². The Bertz CT molecular complexity index is 1510. The van der Waals surface area contributed by atoms with Crippen LogP contribution in [-0.2, 0) is 17.6 Å². The number of thioether (sulfide) groups is 1. The molecule has 4 aromatic rings. The molecule has 1 N–H and O–H groups in total. The minimum Gasteiger partial charge on any atom is -0.497 e. The molecular formula is C25H24N6O3S2. The van der Waals surface area contributed by atoms with Crippen LogP contribution in [0.25, 0.3) is 5.78 Å². The van der Waals surface area contributed by atoms with E-state index in [-0.39, 0.29) is 23.3 Å². The molecule has 11 heteroatoms. The van der Waals surface area contributed by atoms with Gasteiger partial charge in [0.1, 0.15) is 5.75 Å².